The lowest BCUT2D eigenvalue weighted by Gasteiger charge is -1.91. The maximum absolute atomic E-state index is 4.16. The monoisotopic (exact) mass is 108 g/mol. The quantitative estimate of drug-likeness (QED) is 0.385. The van der Waals surface area contributed by atoms with Crippen molar-refractivity contribution in [3.05, 3.63) is 0 Å². The molecule has 0 aromatic carbocycles. The largest absolute Gasteiger partial charge is 0.152 e. The fraction of sp³-hybridized carbons (Fsp3) is 1.00. The molecule has 0 aliphatic heterocycles. The molecule has 0 fully saturated rings. The molecule has 0 saturated heterocycles. The molecule has 0 spiro atoms. The van der Waals surface area contributed by atoms with Crippen LogP contribution in [-0.4, -0.2) is 12.8 Å². The topological polar surface area (TPSA) is 0 Å². The van der Waals surface area contributed by atoms with Gasteiger partial charge in [0.15, 0.2) is 0 Å². The second kappa shape index (κ2) is 2.99. The molecular weight excluding hydrogens is 99.1 g/mol. The van der Waals surface area contributed by atoms with Crippen LogP contribution < -0.4 is 0 Å². The second-order valence-electron chi connectivity index (χ2n) is 0.974. The van der Waals surface area contributed by atoms with Crippen LogP contribution in [-0.2, 0) is 0 Å². The lowest BCUT2D eigenvalue weighted by molar-refractivity contribution is 1.52. The number of rotatable bonds is 1. The van der Waals surface area contributed by atoms with E-state index in [-0.39, 0.29) is 7.12 Å². The van der Waals surface area contributed by atoms with E-state index in [0.29, 0.717) is 0 Å². The van der Waals surface area contributed by atoms with Gasteiger partial charge in [-0.15, -0.1) is 0 Å². The third kappa shape index (κ3) is 4.78. The molecule has 32 valence electrons. The Morgan fingerprint density at radius 3 is 2.00 bits per heavy atom. The Morgan fingerprint density at radius 1 is 1.80 bits per heavy atom. The lowest BCUT2D eigenvalue weighted by Crippen LogP contribution is -1.58. The zero-order valence-corrected chi connectivity index (χ0v) is 5.39. The summed E-state index contributed by atoms with van der Waals surface area (Å²) in [5.41, 5.74) is 0. The van der Waals surface area contributed by atoms with E-state index < -0.39 is 0 Å². The Morgan fingerprint density at radius 2 is 2.00 bits per heavy atom. The molecule has 0 saturated carbocycles. The molecule has 0 aliphatic carbocycles. The fourth-order valence-electron chi connectivity index (χ4n) is 0. The molecule has 0 nitrogen and oxygen atoms in total. The summed E-state index contributed by atoms with van der Waals surface area (Å²) in [4.78, 5) is 0. The average molecular weight is 108 g/mol. The normalized spacial score (nSPS) is 15.0. The first-order valence-electron chi connectivity index (χ1n) is 1.67. The minimum Gasteiger partial charge on any atom is -0.152 e. The molecule has 0 bridgehead atoms. The molecule has 0 amide bonds. The summed E-state index contributed by atoms with van der Waals surface area (Å²) < 4.78 is 0. The summed E-state index contributed by atoms with van der Waals surface area (Å²) in [6.45, 7) is 4.30. The van der Waals surface area contributed by atoms with Gasteiger partial charge in [-0.3, -0.25) is 0 Å². The highest BCUT2D eigenvalue weighted by Gasteiger charge is 1.79. The van der Waals surface area contributed by atoms with Crippen LogP contribution in [0.4, 0.5) is 0 Å². The molecule has 0 aliphatic rings. The molecule has 1 atom stereocenters. The minimum absolute atomic E-state index is 0.0962. The van der Waals surface area contributed by atoms with Crippen molar-refractivity contribution in [3.8, 4) is 0 Å². The molecule has 0 radical (unpaired) electrons. The lowest BCUT2D eigenvalue weighted by atomic mass is 11.0. The van der Waals surface area contributed by atoms with E-state index >= 15 is 0 Å². The van der Waals surface area contributed by atoms with Crippen molar-refractivity contribution in [2.24, 2.45) is 0 Å². The summed E-state index contributed by atoms with van der Waals surface area (Å²) >= 11 is 4.16. The average Bonchev–Trinajstić information content (AvgIpc) is 1.38. The summed E-state index contributed by atoms with van der Waals surface area (Å²) in [6, 6.07) is 0. The summed E-state index contributed by atoms with van der Waals surface area (Å²) in [7, 11) is 0.0962. The van der Waals surface area contributed by atoms with Crippen LogP contribution >= 0.6 is 19.4 Å². The maximum Gasteiger partial charge on any atom is -0.0267 e. The van der Waals surface area contributed by atoms with Gasteiger partial charge in [-0.05, 0) is 12.8 Å². The van der Waals surface area contributed by atoms with Crippen molar-refractivity contribution in [3.63, 3.8) is 0 Å². The molecule has 5 heavy (non-hydrogen) atoms. The highest BCUT2D eigenvalue weighted by molar-refractivity contribution is 8.45. The minimum atomic E-state index is 0.0962. The zero-order chi connectivity index (χ0) is 4.28. The number of hydrogen-bond donors (Lipinski definition) is 1. The van der Waals surface area contributed by atoms with Gasteiger partial charge in [0.2, 0.25) is 0 Å². The van der Waals surface area contributed by atoms with Crippen LogP contribution in [0.2, 0.25) is 0 Å². The van der Waals surface area contributed by atoms with Gasteiger partial charge in [0.25, 0.3) is 0 Å². The van der Waals surface area contributed by atoms with Crippen LogP contribution in [0.1, 0.15) is 6.92 Å². The Bertz CT molecular complexity index is 20.9. The van der Waals surface area contributed by atoms with E-state index in [1.807, 2.05) is 0 Å². The fourth-order valence-corrected chi connectivity index (χ4v) is 0. The van der Waals surface area contributed by atoms with Crippen LogP contribution in [0.25, 0.3) is 0 Å². The van der Waals surface area contributed by atoms with E-state index in [4.69, 9.17) is 0 Å². The molecule has 0 heterocycles. The van der Waals surface area contributed by atoms with Crippen molar-refractivity contribution >= 4 is 19.4 Å². The van der Waals surface area contributed by atoms with E-state index in [9.17, 15) is 0 Å². The van der Waals surface area contributed by atoms with Gasteiger partial charge in [-0.1, -0.05) is 14.0 Å². The summed E-state index contributed by atoms with van der Waals surface area (Å²) in [5.74, 6) is 0. The van der Waals surface area contributed by atoms with E-state index in [2.05, 4.69) is 25.8 Å². The first-order chi connectivity index (χ1) is 2.27. The van der Waals surface area contributed by atoms with Crippen LogP contribution in [0.15, 0.2) is 0 Å². The van der Waals surface area contributed by atoms with E-state index in [0.717, 1.165) is 0 Å². The van der Waals surface area contributed by atoms with E-state index in [1.54, 1.807) is 0 Å². The number of hydrogen-bond acceptors (Lipinski definition) is 1. The third-order valence-electron chi connectivity index (χ3n) is 0.458. The van der Waals surface area contributed by atoms with Gasteiger partial charge in [-0.25, -0.2) is 0 Å². The van der Waals surface area contributed by atoms with Crippen molar-refractivity contribution in [1.82, 2.24) is 0 Å². The molecule has 0 aromatic heterocycles. The predicted molar refractivity (Wildman–Crippen MR) is 32.4 cm³/mol. The van der Waals surface area contributed by atoms with Crippen molar-refractivity contribution in [2.75, 3.05) is 12.8 Å². The Kier molecular flexibility index (Phi) is 3.46. The number of thiol groups is 1. The molecule has 0 N–H and O–H groups in total. The summed E-state index contributed by atoms with van der Waals surface area (Å²) in [5, 5.41) is 0. The van der Waals surface area contributed by atoms with Crippen LogP contribution in [0.3, 0.4) is 0 Å². The first-order valence-corrected chi connectivity index (χ1v) is 4.80. The molecule has 1 unspecified atom stereocenters. The predicted octanol–water partition coefficient (Wildman–Crippen LogP) is 1.96. The van der Waals surface area contributed by atoms with Crippen LogP contribution in [0, 0.1) is 0 Å². The molecular formula is C3H9PS. The zero-order valence-electron chi connectivity index (χ0n) is 3.60. The van der Waals surface area contributed by atoms with Gasteiger partial charge in [-0.2, -0.15) is 12.2 Å². The molecule has 0 rings (SSSR count). The maximum atomic E-state index is 4.16. The Hall–Kier alpha value is 0.780. The summed E-state index contributed by atoms with van der Waals surface area (Å²) in [6.07, 6.45) is 1.23. The van der Waals surface area contributed by atoms with Gasteiger partial charge >= 0.3 is 0 Å². The van der Waals surface area contributed by atoms with Crippen molar-refractivity contribution < 1.29 is 0 Å². The highest BCUT2D eigenvalue weighted by atomic mass is 32.7. The third-order valence-corrected chi connectivity index (χ3v) is 2.22. The standard InChI is InChI=1S/C3H9PS/c1-3-4(2)5/h5H,3H2,1-2H3. The van der Waals surface area contributed by atoms with E-state index in [1.165, 1.54) is 6.16 Å². The van der Waals surface area contributed by atoms with Crippen molar-refractivity contribution in [1.29, 1.82) is 0 Å². The Balaban J connectivity index is 2.54. The molecule has 2 heteroatoms. The second-order valence-corrected chi connectivity index (χ2v) is 4.97. The SMILES string of the molecule is CCP(C)S. The highest BCUT2D eigenvalue weighted by Crippen LogP contribution is 2.33. The van der Waals surface area contributed by atoms with Crippen molar-refractivity contribution in [2.45, 2.75) is 6.92 Å². The Labute approximate surface area is 39.9 Å². The van der Waals surface area contributed by atoms with Gasteiger partial charge in [0, 0.05) is 0 Å². The van der Waals surface area contributed by atoms with Gasteiger partial charge in [0.1, 0.15) is 0 Å². The van der Waals surface area contributed by atoms with Gasteiger partial charge < -0.3 is 0 Å². The van der Waals surface area contributed by atoms with Crippen LogP contribution in [0.5, 0.6) is 0 Å². The first kappa shape index (κ1) is 5.78. The van der Waals surface area contributed by atoms with Gasteiger partial charge in [0.05, 0.1) is 0 Å². The molecule has 0 aromatic rings. The smallest absolute Gasteiger partial charge is 0.0267 e.